The number of nitrogens with zero attached hydrogens (tertiary/aromatic N) is 2. The maximum absolute atomic E-state index is 6.17. The predicted octanol–water partition coefficient (Wildman–Crippen LogP) is 2.95. The third-order valence-electron chi connectivity index (χ3n) is 4.44. The predicted molar refractivity (Wildman–Crippen MR) is 86.1 cm³/mol. The van der Waals surface area contributed by atoms with Crippen LogP contribution in [0.25, 0.3) is 0 Å². The molecule has 0 unspecified atom stereocenters. The summed E-state index contributed by atoms with van der Waals surface area (Å²) in [7, 11) is 0. The van der Waals surface area contributed by atoms with Gasteiger partial charge in [-0.25, -0.2) is 0 Å². The SMILES string of the molecule is c1cncc(O[C@@H]2CN(Cc3cccs3)[C@@H]3CCCO[C@H]32)c1. The summed E-state index contributed by atoms with van der Waals surface area (Å²) in [6.45, 7) is 2.76. The summed E-state index contributed by atoms with van der Waals surface area (Å²) in [5.41, 5.74) is 0. The molecule has 22 heavy (non-hydrogen) atoms. The highest BCUT2D eigenvalue weighted by Crippen LogP contribution is 2.32. The minimum atomic E-state index is 0.0921. The second-order valence-electron chi connectivity index (χ2n) is 5.90. The summed E-state index contributed by atoms with van der Waals surface area (Å²) in [6, 6.07) is 8.67. The topological polar surface area (TPSA) is 34.6 Å². The molecule has 4 heterocycles. The van der Waals surface area contributed by atoms with Crippen molar-refractivity contribution in [3.8, 4) is 5.75 Å². The minimum Gasteiger partial charge on any atom is -0.485 e. The molecule has 2 aliphatic heterocycles. The quantitative estimate of drug-likeness (QED) is 0.868. The van der Waals surface area contributed by atoms with Gasteiger partial charge in [-0.15, -0.1) is 11.3 Å². The Labute approximate surface area is 134 Å². The van der Waals surface area contributed by atoms with E-state index in [1.807, 2.05) is 23.5 Å². The van der Waals surface area contributed by atoms with Gasteiger partial charge in [0.1, 0.15) is 18.0 Å². The van der Waals surface area contributed by atoms with Crippen LogP contribution in [0.3, 0.4) is 0 Å². The Morgan fingerprint density at radius 3 is 3.18 bits per heavy atom. The van der Waals surface area contributed by atoms with Crippen molar-refractivity contribution < 1.29 is 9.47 Å². The van der Waals surface area contributed by atoms with Crippen molar-refractivity contribution in [2.45, 2.75) is 37.6 Å². The highest BCUT2D eigenvalue weighted by molar-refractivity contribution is 7.09. The molecule has 0 radical (unpaired) electrons. The number of hydrogen-bond acceptors (Lipinski definition) is 5. The molecule has 3 atom stereocenters. The highest BCUT2D eigenvalue weighted by atomic mass is 32.1. The van der Waals surface area contributed by atoms with E-state index >= 15 is 0 Å². The number of likely N-dealkylation sites (tertiary alicyclic amines) is 1. The molecule has 0 bridgehead atoms. The van der Waals surface area contributed by atoms with Gasteiger partial charge in [-0.3, -0.25) is 9.88 Å². The lowest BCUT2D eigenvalue weighted by molar-refractivity contribution is -0.0471. The van der Waals surface area contributed by atoms with Gasteiger partial charge >= 0.3 is 0 Å². The second kappa shape index (κ2) is 6.36. The first-order valence-electron chi connectivity index (χ1n) is 7.85. The van der Waals surface area contributed by atoms with E-state index in [9.17, 15) is 0 Å². The Morgan fingerprint density at radius 1 is 1.36 bits per heavy atom. The van der Waals surface area contributed by atoms with Crippen molar-refractivity contribution in [3.05, 3.63) is 46.9 Å². The highest BCUT2D eigenvalue weighted by Gasteiger charge is 2.45. The van der Waals surface area contributed by atoms with E-state index in [0.717, 1.165) is 31.9 Å². The zero-order chi connectivity index (χ0) is 14.8. The van der Waals surface area contributed by atoms with Gasteiger partial charge in [-0.1, -0.05) is 6.07 Å². The standard InChI is InChI=1S/C17H20N2O2S/c1-4-13(10-18-7-1)21-16-12-19(11-14-5-3-9-22-14)15-6-2-8-20-17(15)16/h1,3-5,7,9-10,15-17H,2,6,8,11-12H2/t15-,16-,17-/m1/s1. The Balaban J connectivity index is 1.50. The molecular formula is C17H20N2O2S. The molecule has 2 aliphatic rings. The fraction of sp³-hybridized carbons (Fsp3) is 0.471. The van der Waals surface area contributed by atoms with Crippen LogP contribution in [0.1, 0.15) is 17.7 Å². The third-order valence-corrected chi connectivity index (χ3v) is 5.31. The van der Waals surface area contributed by atoms with Gasteiger partial charge in [-0.2, -0.15) is 0 Å². The van der Waals surface area contributed by atoms with Crippen LogP contribution in [0.5, 0.6) is 5.75 Å². The number of fused-ring (bicyclic) bond motifs is 1. The number of rotatable bonds is 4. The van der Waals surface area contributed by atoms with Gasteiger partial charge in [0.15, 0.2) is 0 Å². The smallest absolute Gasteiger partial charge is 0.139 e. The van der Waals surface area contributed by atoms with Crippen molar-refractivity contribution in [2.75, 3.05) is 13.2 Å². The molecule has 0 amide bonds. The molecule has 0 aliphatic carbocycles. The molecule has 5 heteroatoms. The number of pyridine rings is 1. The van der Waals surface area contributed by atoms with Crippen molar-refractivity contribution in [2.24, 2.45) is 0 Å². The molecule has 2 fully saturated rings. The molecule has 2 aromatic heterocycles. The van der Waals surface area contributed by atoms with Crippen molar-refractivity contribution >= 4 is 11.3 Å². The summed E-state index contributed by atoms with van der Waals surface area (Å²) in [5, 5.41) is 2.14. The average molecular weight is 316 g/mol. The molecule has 0 saturated carbocycles. The van der Waals surface area contributed by atoms with E-state index in [-0.39, 0.29) is 12.2 Å². The van der Waals surface area contributed by atoms with Crippen molar-refractivity contribution in [1.82, 2.24) is 9.88 Å². The fourth-order valence-corrected chi connectivity index (χ4v) is 4.21. The summed E-state index contributed by atoms with van der Waals surface area (Å²) >= 11 is 1.82. The van der Waals surface area contributed by atoms with Crippen molar-refractivity contribution in [3.63, 3.8) is 0 Å². The van der Waals surface area contributed by atoms with E-state index < -0.39 is 0 Å². The molecule has 4 nitrogen and oxygen atoms in total. The van der Waals surface area contributed by atoms with E-state index in [1.54, 1.807) is 12.4 Å². The van der Waals surface area contributed by atoms with Crippen LogP contribution in [-0.4, -0.2) is 41.3 Å². The molecule has 2 aromatic rings. The first-order chi connectivity index (χ1) is 10.9. The van der Waals surface area contributed by atoms with Gasteiger partial charge < -0.3 is 9.47 Å². The maximum Gasteiger partial charge on any atom is 0.139 e. The van der Waals surface area contributed by atoms with Crippen LogP contribution in [0.2, 0.25) is 0 Å². The van der Waals surface area contributed by atoms with Gasteiger partial charge in [-0.05, 0) is 36.4 Å². The number of aromatic nitrogens is 1. The molecule has 116 valence electrons. The molecular weight excluding hydrogens is 296 g/mol. The van der Waals surface area contributed by atoms with E-state index in [4.69, 9.17) is 9.47 Å². The average Bonchev–Trinajstić information content (AvgIpc) is 3.18. The monoisotopic (exact) mass is 316 g/mol. The molecule has 0 N–H and O–H groups in total. The summed E-state index contributed by atoms with van der Waals surface area (Å²) in [6.07, 6.45) is 6.15. The van der Waals surface area contributed by atoms with Gasteiger partial charge in [0, 0.05) is 36.8 Å². The van der Waals surface area contributed by atoms with Gasteiger partial charge in [0.25, 0.3) is 0 Å². The largest absolute Gasteiger partial charge is 0.485 e. The summed E-state index contributed by atoms with van der Waals surface area (Å²) < 4.78 is 12.2. The van der Waals surface area contributed by atoms with E-state index in [1.165, 1.54) is 11.3 Å². The third kappa shape index (κ3) is 2.89. The first-order valence-corrected chi connectivity index (χ1v) is 8.73. The van der Waals surface area contributed by atoms with E-state index in [2.05, 4.69) is 27.4 Å². The lowest BCUT2D eigenvalue weighted by Gasteiger charge is -2.32. The van der Waals surface area contributed by atoms with Crippen LogP contribution in [-0.2, 0) is 11.3 Å². The zero-order valence-electron chi connectivity index (χ0n) is 12.4. The Bertz CT molecular complexity index is 590. The number of ether oxygens (including phenoxy) is 2. The lowest BCUT2D eigenvalue weighted by Crippen LogP contribution is -2.42. The normalized spacial score (nSPS) is 28.5. The van der Waals surface area contributed by atoms with Crippen molar-refractivity contribution in [1.29, 1.82) is 0 Å². The number of hydrogen-bond donors (Lipinski definition) is 0. The molecule has 2 saturated heterocycles. The van der Waals surface area contributed by atoms with Gasteiger partial charge in [0.05, 0.1) is 6.20 Å². The Hall–Kier alpha value is -1.43. The Morgan fingerprint density at radius 2 is 2.36 bits per heavy atom. The summed E-state index contributed by atoms with van der Waals surface area (Å²) in [4.78, 5) is 8.07. The van der Waals surface area contributed by atoms with Crippen LogP contribution in [0.4, 0.5) is 0 Å². The van der Waals surface area contributed by atoms with E-state index in [0.29, 0.717) is 6.04 Å². The second-order valence-corrected chi connectivity index (χ2v) is 6.93. The van der Waals surface area contributed by atoms with Crippen LogP contribution in [0.15, 0.2) is 42.0 Å². The first kappa shape index (κ1) is 14.2. The fourth-order valence-electron chi connectivity index (χ4n) is 3.48. The van der Waals surface area contributed by atoms with Gasteiger partial charge in [0.2, 0.25) is 0 Å². The minimum absolute atomic E-state index is 0.0921. The summed E-state index contributed by atoms with van der Waals surface area (Å²) in [5.74, 6) is 0.832. The zero-order valence-corrected chi connectivity index (χ0v) is 13.2. The number of thiophene rings is 1. The molecule has 0 spiro atoms. The maximum atomic E-state index is 6.17. The van der Waals surface area contributed by atoms with Crippen LogP contribution in [0, 0.1) is 0 Å². The Kier molecular flexibility index (Phi) is 4.10. The van der Waals surface area contributed by atoms with Crippen LogP contribution < -0.4 is 4.74 Å². The van der Waals surface area contributed by atoms with Crippen LogP contribution >= 0.6 is 11.3 Å². The lowest BCUT2D eigenvalue weighted by atomic mass is 10.0. The molecule has 0 aromatic carbocycles. The molecule has 4 rings (SSSR count).